The number of carboxylic acid groups (broad SMARTS) is 2. The van der Waals surface area contributed by atoms with E-state index < -0.39 is 24.1 Å². The first-order valence-electron chi connectivity index (χ1n) is 5.86. The minimum Gasteiger partial charge on any atom is -0.479 e. The number of aliphatic hydroxyl groups is 3. The Morgan fingerprint density at radius 3 is 1.62 bits per heavy atom. The fourth-order valence-corrected chi connectivity index (χ4v) is 1.18. The fraction of sp³-hybridized carbons (Fsp3) is 0.385. The number of aliphatic hydroxyl groups excluding tert-OH is 3. The van der Waals surface area contributed by atoms with Gasteiger partial charge in [-0.25, -0.2) is 9.59 Å². The molecule has 0 spiro atoms. The van der Waals surface area contributed by atoms with Crippen LogP contribution in [0.2, 0.25) is 0 Å². The number of carboxylic acids is 2. The van der Waals surface area contributed by atoms with Crippen molar-refractivity contribution in [3.63, 3.8) is 0 Å². The van der Waals surface area contributed by atoms with Crippen LogP contribution in [-0.4, -0.2) is 49.7 Å². The van der Waals surface area contributed by atoms with Gasteiger partial charge in [-0.3, -0.25) is 0 Å². The molecule has 1 aromatic rings. The van der Waals surface area contributed by atoms with Crippen LogP contribution in [0, 0.1) is 0 Å². The standard InChI is InChI=1S/C9H12O.C4H6O6.H3N/c1-2-9(10)8-6-4-3-5-7-8;5-1(3(7)8)2(6)4(9)10;/h3-7,9-10H,2H2,1H3;1-2,5-6H,(H,7,8)(H,9,10);1H3. The fourth-order valence-electron chi connectivity index (χ4n) is 1.18. The van der Waals surface area contributed by atoms with Gasteiger partial charge in [0.1, 0.15) is 0 Å². The van der Waals surface area contributed by atoms with Crippen molar-refractivity contribution < 1.29 is 35.1 Å². The van der Waals surface area contributed by atoms with Crippen LogP contribution in [0.1, 0.15) is 25.0 Å². The normalized spacial score (nSPS) is 13.7. The maximum atomic E-state index is 9.77. The molecule has 3 atom stereocenters. The van der Waals surface area contributed by atoms with Gasteiger partial charge in [0.15, 0.2) is 12.2 Å². The summed E-state index contributed by atoms with van der Waals surface area (Å²) in [5.41, 5.74) is 1.00. The third-order valence-electron chi connectivity index (χ3n) is 2.38. The summed E-state index contributed by atoms with van der Waals surface area (Å²) in [6.45, 7) is 1.97. The molecule has 1 rings (SSSR count). The number of hydrogen-bond acceptors (Lipinski definition) is 6. The molecule has 8 heteroatoms. The number of hydrogen-bond donors (Lipinski definition) is 6. The lowest BCUT2D eigenvalue weighted by molar-refractivity contribution is -0.165. The lowest BCUT2D eigenvalue weighted by Crippen LogP contribution is -2.39. The zero-order valence-corrected chi connectivity index (χ0v) is 11.6. The quantitative estimate of drug-likeness (QED) is 0.447. The van der Waals surface area contributed by atoms with E-state index in [1.807, 2.05) is 37.3 Å². The Labute approximate surface area is 121 Å². The van der Waals surface area contributed by atoms with Crippen LogP contribution < -0.4 is 6.15 Å². The largest absolute Gasteiger partial charge is 0.479 e. The van der Waals surface area contributed by atoms with E-state index in [1.54, 1.807) is 0 Å². The molecule has 0 bridgehead atoms. The molecule has 120 valence electrons. The van der Waals surface area contributed by atoms with Crippen molar-refractivity contribution in [3.05, 3.63) is 35.9 Å². The van der Waals surface area contributed by atoms with Gasteiger partial charge >= 0.3 is 11.9 Å². The molecule has 0 aliphatic heterocycles. The van der Waals surface area contributed by atoms with Gasteiger partial charge in [-0.1, -0.05) is 37.3 Å². The summed E-state index contributed by atoms with van der Waals surface area (Å²) in [6.07, 6.45) is -4.04. The molecule has 21 heavy (non-hydrogen) atoms. The maximum absolute atomic E-state index is 9.77. The molecule has 0 amide bonds. The average molecular weight is 303 g/mol. The highest BCUT2D eigenvalue weighted by molar-refractivity contribution is 5.83. The van der Waals surface area contributed by atoms with Crippen LogP contribution in [0.4, 0.5) is 0 Å². The molecule has 0 fully saturated rings. The van der Waals surface area contributed by atoms with E-state index >= 15 is 0 Å². The van der Waals surface area contributed by atoms with Crippen LogP contribution in [0.15, 0.2) is 30.3 Å². The second kappa shape index (κ2) is 10.7. The molecular weight excluding hydrogens is 282 g/mol. The van der Waals surface area contributed by atoms with Crippen molar-refractivity contribution in [1.82, 2.24) is 6.15 Å². The van der Waals surface area contributed by atoms with Gasteiger partial charge in [0.05, 0.1) is 6.10 Å². The third-order valence-corrected chi connectivity index (χ3v) is 2.38. The molecule has 0 radical (unpaired) electrons. The summed E-state index contributed by atoms with van der Waals surface area (Å²) in [5, 5.41) is 41.9. The van der Waals surface area contributed by atoms with Crippen LogP contribution >= 0.6 is 0 Å². The summed E-state index contributed by atoms with van der Waals surface area (Å²) in [4.78, 5) is 19.5. The minimum absolute atomic E-state index is 0. The molecule has 8 N–H and O–H groups in total. The van der Waals surface area contributed by atoms with Crippen LogP contribution in [-0.2, 0) is 9.59 Å². The highest BCUT2D eigenvalue weighted by atomic mass is 16.4. The maximum Gasteiger partial charge on any atom is 0.335 e. The molecular formula is C13H21NO7. The average Bonchev–Trinajstić information content (AvgIpc) is 2.46. The van der Waals surface area contributed by atoms with Gasteiger partial charge < -0.3 is 31.7 Å². The van der Waals surface area contributed by atoms with Gasteiger partial charge in [-0.05, 0) is 12.0 Å². The van der Waals surface area contributed by atoms with Gasteiger partial charge in [0, 0.05) is 0 Å². The highest BCUT2D eigenvalue weighted by Gasteiger charge is 2.29. The monoisotopic (exact) mass is 303 g/mol. The summed E-state index contributed by atoms with van der Waals surface area (Å²) < 4.78 is 0. The Bertz CT molecular complexity index is 406. The summed E-state index contributed by atoms with van der Waals surface area (Å²) in [6, 6.07) is 9.70. The molecule has 8 nitrogen and oxygen atoms in total. The molecule has 1 aromatic carbocycles. The Balaban J connectivity index is 0. The summed E-state index contributed by atoms with van der Waals surface area (Å²) >= 11 is 0. The first kappa shape index (κ1) is 21.3. The Morgan fingerprint density at radius 2 is 1.33 bits per heavy atom. The number of rotatable bonds is 5. The SMILES string of the molecule is CCC(O)c1ccccc1.N.O=C(O)C(O)C(O)C(=O)O. The van der Waals surface area contributed by atoms with E-state index in [0.717, 1.165) is 12.0 Å². The van der Waals surface area contributed by atoms with Crippen molar-refractivity contribution in [3.8, 4) is 0 Å². The van der Waals surface area contributed by atoms with Crippen molar-refractivity contribution in [2.45, 2.75) is 31.7 Å². The second-order valence-electron chi connectivity index (χ2n) is 3.90. The third kappa shape index (κ3) is 8.00. The number of carbonyl (C=O) groups is 2. The molecule has 0 aliphatic rings. The second-order valence-corrected chi connectivity index (χ2v) is 3.90. The molecule has 3 unspecified atom stereocenters. The Morgan fingerprint density at radius 1 is 0.952 bits per heavy atom. The summed E-state index contributed by atoms with van der Waals surface area (Å²) in [5.74, 6) is -3.54. The predicted octanol–water partition coefficient (Wildman–Crippen LogP) is 0.169. The van der Waals surface area contributed by atoms with Gasteiger partial charge in [0.25, 0.3) is 0 Å². The van der Waals surface area contributed by atoms with Crippen molar-refractivity contribution in [1.29, 1.82) is 0 Å². The van der Waals surface area contributed by atoms with E-state index in [4.69, 9.17) is 20.4 Å². The van der Waals surface area contributed by atoms with Crippen LogP contribution in [0.5, 0.6) is 0 Å². The lowest BCUT2D eigenvalue weighted by Gasteiger charge is -2.07. The van der Waals surface area contributed by atoms with Crippen molar-refractivity contribution >= 4 is 11.9 Å². The van der Waals surface area contributed by atoms with Crippen molar-refractivity contribution in [2.24, 2.45) is 0 Å². The Hall–Kier alpha value is -2.00. The first-order valence-corrected chi connectivity index (χ1v) is 5.86. The molecule has 0 aliphatic carbocycles. The van der Waals surface area contributed by atoms with E-state index in [1.165, 1.54) is 0 Å². The molecule has 0 heterocycles. The topological polar surface area (TPSA) is 170 Å². The predicted molar refractivity (Wildman–Crippen MR) is 74.0 cm³/mol. The highest BCUT2D eigenvalue weighted by Crippen LogP contribution is 2.14. The van der Waals surface area contributed by atoms with E-state index in [2.05, 4.69) is 0 Å². The van der Waals surface area contributed by atoms with E-state index in [9.17, 15) is 14.7 Å². The van der Waals surface area contributed by atoms with Crippen molar-refractivity contribution in [2.75, 3.05) is 0 Å². The van der Waals surface area contributed by atoms with Gasteiger partial charge in [-0.2, -0.15) is 0 Å². The van der Waals surface area contributed by atoms with Gasteiger partial charge in [-0.15, -0.1) is 0 Å². The molecule has 0 aromatic heterocycles. The van der Waals surface area contributed by atoms with Crippen LogP contribution in [0.25, 0.3) is 0 Å². The Kier molecular flexibility index (Phi) is 10.9. The number of aliphatic carboxylic acids is 2. The number of benzene rings is 1. The van der Waals surface area contributed by atoms with E-state index in [0.29, 0.717) is 0 Å². The zero-order valence-electron chi connectivity index (χ0n) is 11.6. The zero-order chi connectivity index (χ0) is 15.7. The summed E-state index contributed by atoms with van der Waals surface area (Å²) in [7, 11) is 0. The molecule has 0 saturated carbocycles. The van der Waals surface area contributed by atoms with Crippen LogP contribution in [0.3, 0.4) is 0 Å². The lowest BCUT2D eigenvalue weighted by atomic mass is 10.1. The van der Waals surface area contributed by atoms with Gasteiger partial charge in [0.2, 0.25) is 0 Å². The van der Waals surface area contributed by atoms with E-state index in [-0.39, 0.29) is 12.3 Å². The smallest absolute Gasteiger partial charge is 0.335 e. The first-order chi connectivity index (χ1) is 9.31. The molecule has 0 saturated heterocycles. The minimum atomic E-state index is -2.27.